The predicted octanol–water partition coefficient (Wildman–Crippen LogP) is 5.42. The van der Waals surface area contributed by atoms with E-state index in [4.69, 9.17) is 25.8 Å². The Morgan fingerprint density at radius 1 is 1.09 bits per heavy atom. The molecule has 0 radical (unpaired) electrons. The molecule has 0 aliphatic heterocycles. The number of phenols is 1. The normalized spacial score (nSPS) is 11.4. The number of hydrogen-bond acceptors (Lipinski definition) is 6. The summed E-state index contributed by atoms with van der Waals surface area (Å²) in [7, 11) is 2.80. The molecule has 0 saturated carbocycles. The number of nitrogens with one attached hydrogen (secondary N) is 1. The highest BCUT2D eigenvalue weighted by Gasteiger charge is 2.30. The van der Waals surface area contributed by atoms with Crippen LogP contribution in [0.15, 0.2) is 59.7 Å². The van der Waals surface area contributed by atoms with E-state index in [0.29, 0.717) is 11.1 Å². The zero-order valence-electron chi connectivity index (χ0n) is 18.5. The molecule has 3 rings (SSSR count). The molecule has 0 bridgehead atoms. The third-order valence-electron chi connectivity index (χ3n) is 4.71. The van der Waals surface area contributed by atoms with Crippen LogP contribution in [0.25, 0.3) is 0 Å². The average molecular weight is 509 g/mol. The van der Waals surface area contributed by atoms with E-state index < -0.39 is 17.6 Å². The van der Waals surface area contributed by atoms with Crippen molar-refractivity contribution in [1.29, 1.82) is 0 Å². The van der Waals surface area contributed by atoms with Gasteiger partial charge in [0, 0.05) is 11.1 Å². The number of alkyl halides is 3. The Morgan fingerprint density at radius 3 is 2.49 bits per heavy atom. The fourth-order valence-electron chi connectivity index (χ4n) is 3.01. The van der Waals surface area contributed by atoms with Crippen LogP contribution in [0.1, 0.15) is 27.0 Å². The SMILES string of the molecule is COc1cc(/C=N/NC(=O)c2ccc(O)c(Cl)c2)cc(OCc2cccc(C(F)(F)F)c2)c1OC. The lowest BCUT2D eigenvalue weighted by Gasteiger charge is -2.15. The fourth-order valence-corrected chi connectivity index (χ4v) is 3.19. The molecule has 35 heavy (non-hydrogen) atoms. The first-order valence-corrected chi connectivity index (χ1v) is 10.4. The van der Waals surface area contributed by atoms with Crippen LogP contribution in [-0.2, 0) is 12.8 Å². The molecule has 0 aliphatic carbocycles. The van der Waals surface area contributed by atoms with Crippen molar-refractivity contribution in [2.45, 2.75) is 12.8 Å². The molecule has 0 aliphatic rings. The van der Waals surface area contributed by atoms with Gasteiger partial charge in [0.05, 0.1) is 31.0 Å². The Morgan fingerprint density at radius 2 is 1.83 bits per heavy atom. The molecule has 11 heteroatoms. The largest absolute Gasteiger partial charge is 0.506 e. The van der Waals surface area contributed by atoms with E-state index in [9.17, 15) is 23.1 Å². The van der Waals surface area contributed by atoms with Gasteiger partial charge in [0.2, 0.25) is 5.75 Å². The zero-order chi connectivity index (χ0) is 25.6. The van der Waals surface area contributed by atoms with E-state index in [0.717, 1.165) is 12.1 Å². The lowest BCUT2D eigenvalue weighted by atomic mass is 10.1. The van der Waals surface area contributed by atoms with E-state index in [1.165, 1.54) is 56.8 Å². The van der Waals surface area contributed by atoms with Gasteiger partial charge < -0.3 is 19.3 Å². The molecule has 1 amide bonds. The van der Waals surface area contributed by atoms with Crippen molar-refractivity contribution in [3.05, 3.63) is 81.9 Å². The Bertz CT molecular complexity index is 1250. The second kappa shape index (κ2) is 11.0. The third kappa shape index (κ3) is 6.57. The van der Waals surface area contributed by atoms with Crippen molar-refractivity contribution in [3.8, 4) is 23.0 Å². The molecule has 3 aromatic rings. The summed E-state index contributed by atoms with van der Waals surface area (Å²) in [5, 5.41) is 13.4. The van der Waals surface area contributed by atoms with E-state index in [2.05, 4.69) is 10.5 Å². The van der Waals surface area contributed by atoms with Gasteiger partial charge >= 0.3 is 6.18 Å². The highest BCUT2D eigenvalue weighted by atomic mass is 35.5. The molecule has 0 unspecified atom stereocenters. The smallest absolute Gasteiger partial charge is 0.416 e. The maximum absolute atomic E-state index is 13.0. The molecule has 0 aromatic heterocycles. The first-order chi connectivity index (χ1) is 16.6. The molecule has 2 N–H and O–H groups in total. The van der Waals surface area contributed by atoms with Crippen LogP contribution < -0.4 is 19.6 Å². The van der Waals surface area contributed by atoms with Crippen LogP contribution in [0.4, 0.5) is 13.2 Å². The van der Waals surface area contributed by atoms with Gasteiger partial charge in [0.15, 0.2) is 11.5 Å². The molecule has 7 nitrogen and oxygen atoms in total. The van der Waals surface area contributed by atoms with E-state index in [-0.39, 0.29) is 40.2 Å². The molecule has 0 spiro atoms. The molecule has 0 saturated heterocycles. The number of benzene rings is 3. The fraction of sp³-hybridized carbons (Fsp3) is 0.167. The summed E-state index contributed by atoms with van der Waals surface area (Å²) >= 11 is 5.81. The standard InChI is InChI=1S/C24H20ClF3N2O5/c1-33-20-9-15(12-29-30-23(32)16-6-7-19(31)18(25)11-16)10-21(22(20)34-2)35-13-14-4-3-5-17(8-14)24(26,27)28/h3-12,31H,13H2,1-2H3,(H,30,32)/b29-12+. The van der Waals surface area contributed by atoms with Crippen LogP contribution >= 0.6 is 11.6 Å². The Balaban J connectivity index is 1.78. The van der Waals surface area contributed by atoms with Crippen LogP contribution in [0.2, 0.25) is 5.02 Å². The number of carbonyl (C=O) groups is 1. The summed E-state index contributed by atoms with van der Waals surface area (Å²) in [5.74, 6) is -0.00626. The molecule has 0 atom stereocenters. The van der Waals surface area contributed by atoms with Crippen LogP contribution in [0.5, 0.6) is 23.0 Å². The summed E-state index contributed by atoms with van der Waals surface area (Å²) in [6.07, 6.45) is -3.15. The number of amides is 1. The zero-order valence-corrected chi connectivity index (χ0v) is 19.3. The van der Waals surface area contributed by atoms with Gasteiger partial charge in [-0.15, -0.1) is 0 Å². The molecule has 0 fully saturated rings. The lowest BCUT2D eigenvalue weighted by Crippen LogP contribution is -2.17. The van der Waals surface area contributed by atoms with Crippen molar-refractivity contribution >= 4 is 23.7 Å². The predicted molar refractivity (Wildman–Crippen MR) is 123 cm³/mol. The van der Waals surface area contributed by atoms with Crippen molar-refractivity contribution in [2.75, 3.05) is 14.2 Å². The highest BCUT2D eigenvalue weighted by molar-refractivity contribution is 6.32. The topological polar surface area (TPSA) is 89.4 Å². The van der Waals surface area contributed by atoms with Crippen LogP contribution in [0, 0.1) is 0 Å². The third-order valence-corrected chi connectivity index (χ3v) is 5.01. The molecule has 3 aromatic carbocycles. The highest BCUT2D eigenvalue weighted by Crippen LogP contribution is 2.38. The first-order valence-electron chi connectivity index (χ1n) is 9.99. The van der Waals surface area contributed by atoms with Crippen molar-refractivity contribution < 1.29 is 37.3 Å². The number of halogens is 4. The minimum absolute atomic E-state index is 0.0177. The molecular weight excluding hydrogens is 489 g/mol. The monoisotopic (exact) mass is 508 g/mol. The number of methoxy groups -OCH3 is 2. The van der Waals surface area contributed by atoms with Gasteiger partial charge in [-0.05, 0) is 48.0 Å². The number of aromatic hydroxyl groups is 1. The van der Waals surface area contributed by atoms with E-state index in [1.807, 2.05) is 0 Å². The second-order valence-corrected chi connectivity index (χ2v) is 7.51. The summed E-state index contributed by atoms with van der Waals surface area (Å²) in [5.41, 5.74) is 2.48. The van der Waals surface area contributed by atoms with Gasteiger partial charge in [0.1, 0.15) is 12.4 Å². The maximum atomic E-state index is 13.0. The van der Waals surface area contributed by atoms with Crippen molar-refractivity contribution in [2.24, 2.45) is 5.10 Å². The number of hydrazone groups is 1. The van der Waals surface area contributed by atoms with Gasteiger partial charge in [-0.25, -0.2) is 5.43 Å². The minimum Gasteiger partial charge on any atom is -0.506 e. The Kier molecular flexibility index (Phi) is 8.08. The summed E-state index contributed by atoms with van der Waals surface area (Å²) in [6.45, 7) is -0.164. The summed E-state index contributed by atoms with van der Waals surface area (Å²) < 4.78 is 55.3. The summed E-state index contributed by atoms with van der Waals surface area (Å²) in [4.78, 5) is 12.2. The lowest BCUT2D eigenvalue weighted by molar-refractivity contribution is -0.137. The van der Waals surface area contributed by atoms with Gasteiger partial charge in [0.25, 0.3) is 5.91 Å². The van der Waals surface area contributed by atoms with Gasteiger partial charge in [-0.2, -0.15) is 18.3 Å². The number of phenolic OH excluding ortho intramolecular Hbond substituents is 1. The van der Waals surface area contributed by atoms with Crippen LogP contribution in [0.3, 0.4) is 0 Å². The van der Waals surface area contributed by atoms with E-state index >= 15 is 0 Å². The van der Waals surface area contributed by atoms with E-state index in [1.54, 1.807) is 6.07 Å². The van der Waals surface area contributed by atoms with Gasteiger partial charge in [-0.3, -0.25) is 4.79 Å². The molecular formula is C24H20ClF3N2O5. The number of ether oxygens (including phenoxy) is 3. The maximum Gasteiger partial charge on any atom is 0.416 e. The quantitative estimate of drug-likeness (QED) is 0.313. The average Bonchev–Trinajstić information content (AvgIpc) is 2.83. The minimum atomic E-state index is -4.47. The second-order valence-electron chi connectivity index (χ2n) is 7.11. The number of rotatable bonds is 8. The van der Waals surface area contributed by atoms with Gasteiger partial charge in [-0.1, -0.05) is 23.7 Å². The first kappa shape index (κ1) is 25.7. The molecule has 184 valence electrons. The summed E-state index contributed by atoms with van der Waals surface area (Å²) in [6, 6.07) is 11.8. The number of hydrogen-bond donors (Lipinski definition) is 2. The van der Waals surface area contributed by atoms with Crippen molar-refractivity contribution in [1.82, 2.24) is 5.43 Å². The van der Waals surface area contributed by atoms with Crippen molar-refractivity contribution in [3.63, 3.8) is 0 Å². The van der Waals surface area contributed by atoms with Crippen LogP contribution in [-0.4, -0.2) is 31.4 Å². The Labute approximate surface area is 203 Å². The number of carbonyl (C=O) groups excluding carboxylic acids is 1. The Hall–Kier alpha value is -3.92. The molecule has 0 heterocycles. The number of nitrogens with zero attached hydrogens (tertiary/aromatic N) is 1.